The number of Topliss-reactive ketones (excluding diaryl/α,β-unsaturated/α-hetero) is 1. The summed E-state index contributed by atoms with van der Waals surface area (Å²) in [5, 5.41) is 0. The van der Waals surface area contributed by atoms with Gasteiger partial charge < -0.3 is 0 Å². The highest BCUT2D eigenvalue weighted by Gasteiger charge is 2.13. The summed E-state index contributed by atoms with van der Waals surface area (Å²) >= 11 is 0. The molecule has 0 aliphatic rings. The van der Waals surface area contributed by atoms with Crippen LogP contribution in [0.2, 0.25) is 0 Å². The van der Waals surface area contributed by atoms with Crippen LogP contribution in [-0.2, 0) is 16.6 Å². The SMILES string of the molecule is CS(=O)(=O)NNC(=O)c1cc[n+](CC(=O)c2ccccc2)cc1. The molecule has 0 saturated heterocycles. The number of carbonyl (C=O) groups is 2. The Bertz CT molecular complexity index is 802. The predicted molar refractivity (Wildman–Crippen MR) is 82.9 cm³/mol. The first-order valence-electron chi connectivity index (χ1n) is 6.69. The summed E-state index contributed by atoms with van der Waals surface area (Å²) in [5.41, 5.74) is 2.95. The molecule has 0 aliphatic carbocycles. The van der Waals surface area contributed by atoms with E-state index < -0.39 is 15.9 Å². The molecule has 1 aromatic carbocycles. The third-order valence-electron chi connectivity index (χ3n) is 2.93. The number of benzene rings is 1. The Morgan fingerprint density at radius 1 is 1.00 bits per heavy atom. The Morgan fingerprint density at radius 3 is 2.17 bits per heavy atom. The number of nitrogens with one attached hydrogen (secondary N) is 2. The molecule has 120 valence electrons. The van der Waals surface area contributed by atoms with Crippen LogP contribution in [0.1, 0.15) is 20.7 Å². The van der Waals surface area contributed by atoms with E-state index in [1.807, 2.05) is 10.9 Å². The number of ketones is 1. The number of hydrogen-bond acceptors (Lipinski definition) is 4. The van der Waals surface area contributed by atoms with Gasteiger partial charge in [-0.05, 0) is 0 Å². The lowest BCUT2D eigenvalue weighted by Crippen LogP contribution is -2.42. The zero-order valence-electron chi connectivity index (χ0n) is 12.4. The van der Waals surface area contributed by atoms with Crippen molar-refractivity contribution in [1.82, 2.24) is 10.3 Å². The molecule has 0 bridgehead atoms. The minimum atomic E-state index is -3.51. The summed E-state index contributed by atoms with van der Waals surface area (Å²) in [7, 11) is -3.51. The Labute approximate surface area is 134 Å². The van der Waals surface area contributed by atoms with Gasteiger partial charge in [0.05, 0.1) is 11.8 Å². The minimum absolute atomic E-state index is 0.0495. The number of carbonyl (C=O) groups excluding carboxylic acids is 2. The van der Waals surface area contributed by atoms with Gasteiger partial charge >= 0.3 is 0 Å². The summed E-state index contributed by atoms with van der Waals surface area (Å²) in [4.78, 5) is 25.7. The van der Waals surface area contributed by atoms with Crippen molar-refractivity contribution in [2.45, 2.75) is 6.54 Å². The van der Waals surface area contributed by atoms with Crippen molar-refractivity contribution in [3.8, 4) is 0 Å². The molecule has 0 spiro atoms. The van der Waals surface area contributed by atoms with Crippen LogP contribution in [0, 0.1) is 0 Å². The first kappa shape index (κ1) is 16.8. The van der Waals surface area contributed by atoms with Gasteiger partial charge in [0.2, 0.25) is 22.4 Å². The van der Waals surface area contributed by atoms with Crippen LogP contribution in [0.5, 0.6) is 0 Å². The van der Waals surface area contributed by atoms with Crippen LogP contribution in [0.25, 0.3) is 0 Å². The van der Waals surface area contributed by atoms with Gasteiger partial charge in [0.25, 0.3) is 5.91 Å². The molecule has 1 heterocycles. The second-order valence-corrected chi connectivity index (χ2v) is 6.63. The van der Waals surface area contributed by atoms with E-state index in [9.17, 15) is 18.0 Å². The van der Waals surface area contributed by atoms with Gasteiger partial charge in [-0.3, -0.25) is 15.0 Å². The smallest absolute Gasteiger partial charge is 0.266 e. The first-order chi connectivity index (χ1) is 10.8. The van der Waals surface area contributed by atoms with Crippen LogP contribution in [0.15, 0.2) is 54.9 Å². The first-order valence-corrected chi connectivity index (χ1v) is 8.59. The lowest BCUT2D eigenvalue weighted by molar-refractivity contribution is -0.683. The highest BCUT2D eigenvalue weighted by molar-refractivity contribution is 7.88. The predicted octanol–water partition coefficient (Wildman–Crippen LogP) is 0.0510. The number of nitrogens with zero attached hydrogens (tertiary/aromatic N) is 1. The molecule has 0 saturated carbocycles. The molecule has 0 atom stereocenters. The van der Waals surface area contributed by atoms with Crippen molar-refractivity contribution in [3.63, 3.8) is 0 Å². The normalized spacial score (nSPS) is 11.0. The summed E-state index contributed by atoms with van der Waals surface area (Å²) < 4.78 is 23.5. The van der Waals surface area contributed by atoms with Crippen molar-refractivity contribution in [3.05, 3.63) is 66.0 Å². The molecule has 1 amide bonds. The van der Waals surface area contributed by atoms with Gasteiger partial charge in [0.15, 0.2) is 12.4 Å². The molecule has 1 aromatic heterocycles. The van der Waals surface area contributed by atoms with E-state index >= 15 is 0 Å². The highest BCUT2D eigenvalue weighted by Crippen LogP contribution is 2.00. The fourth-order valence-electron chi connectivity index (χ4n) is 1.81. The fourth-order valence-corrected chi connectivity index (χ4v) is 2.08. The van der Waals surface area contributed by atoms with Crippen molar-refractivity contribution >= 4 is 21.7 Å². The third kappa shape index (κ3) is 5.28. The Morgan fingerprint density at radius 2 is 1.61 bits per heavy atom. The van der Waals surface area contributed by atoms with E-state index in [0.29, 0.717) is 5.56 Å². The van der Waals surface area contributed by atoms with Crippen molar-refractivity contribution < 1.29 is 22.6 Å². The van der Waals surface area contributed by atoms with Crippen LogP contribution in [0.3, 0.4) is 0 Å². The average Bonchev–Trinajstić information content (AvgIpc) is 2.53. The summed E-state index contributed by atoms with van der Waals surface area (Å²) in [6.45, 7) is 0.146. The average molecular weight is 334 g/mol. The lowest BCUT2D eigenvalue weighted by atomic mass is 10.1. The quantitative estimate of drug-likeness (QED) is 0.443. The molecule has 0 fully saturated rings. The van der Waals surface area contributed by atoms with Gasteiger partial charge in [-0.15, -0.1) is 4.83 Å². The maximum absolute atomic E-state index is 12.1. The van der Waals surface area contributed by atoms with Crippen molar-refractivity contribution in [2.24, 2.45) is 0 Å². The molecule has 2 N–H and O–H groups in total. The maximum Gasteiger partial charge on any atom is 0.266 e. The highest BCUT2D eigenvalue weighted by atomic mass is 32.2. The summed E-state index contributed by atoms with van der Waals surface area (Å²) in [5.74, 6) is -0.636. The van der Waals surface area contributed by atoms with E-state index in [4.69, 9.17) is 0 Å². The second kappa shape index (κ2) is 7.12. The van der Waals surface area contributed by atoms with Crippen molar-refractivity contribution in [2.75, 3.05) is 6.26 Å². The molecule has 0 unspecified atom stereocenters. The second-order valence-electron chi connectivity index (χ2n) is 4.88. The van der Waals surface area contributed by atoms with Gasteiger partial charge in [0.1, 0.15) is 0 Å². The standard InChI is InChI=1S/C15H15N3O4S/c1-23(21,22)17-16-15(20)13-7-9-18(10-8-13)11-14(19)12-5-3-2-4-6-12/h2-10,20H,11H2,1H3/p+1. The topological polar surface area (TPSA) is 96.2 Å². The van der Waals surface area contributed by atoms with Crippen LogP contribution >= 0.6 is 0 Å². The summed E-state index contributed by atoms with van der Waals surface area (Å²) in [6, 6.07) is 11.9. The molecule has 2 rings (SSSR count). The zero-order valence-corrected chi connectivity index (χ0v) is 13.2. The Kier molecular flexibility index (Phi) is 5.20. The molecular weight excluding hydrogens is 318 g/mol. The van der Waals surface area contributed by atoms with Gasteiger partial charge in [-0.1, -0.05) is 30.3 Å². The van der Waals surface area contributed by atoms with E-state index in [1.165, 1.54) is 12.1 Å². The molecule has 7 nitrogen and oxygen atoms in total. The molecule has 23 heavy (non-hydrogen) atoms. The van der Waals surface area contributed by atoms with E-state index in [0.717, 1.165) is 6.26 Å². The molecule has 8 heteroatoms. The zero-order chi connectivity index (χ0) is 16.9. The largest absolute Gasteiger partial charge is 0.287 e. The number of hydrazine groups is 1. The van der Waals surface area contributed by atoms with Crippen LogP contribution in [-0.4, -0.2) is 26.4 Å². The Balaban J connectivity index is 1.99. The van der Waals surface area contributed by atoms with E-state index in [-0.39, 0.29) is 17.9 Å². The minimum Gasteiger partial charge on any atom is -0.287 e. The van der Waals surface area contributed by atoms with E-state index in [2.05, 4.69) is 5.43 Å². The lowest BCUT2D eigenvalue weighted by Gasteiger charge is -2.04. The molecule has 0 radical (unpaired) electrons. The van der Waals surface area contributed by atoms with Gasteiger partial charge in [0, 0.05) is 17.7 Å². The molecule has 2 aromatic rings. The number of sulfonamides is 1. The molecular formula is C15H16N3O4S+. The van der Waals surface area contributed by atoms with Crippen molar-refractivity contribution in [1.29, 1.82) is 0 Å². The van der Waals surface area contributed by atoms with Gasteiger partial charge in [-0.25, -0.2) is 8.42 Å². The van der Waals surface area contributed by atoms with Crippen LogP contribution in [0.4, 0.5) is 0 Å². The number of amides is 1. The van der Waals surface area contributed by atoms with Crippen LogP contribution < -0.4 is 14.8 Å². The third-order valence-corrected chi connectivity index (χ3v) is 3.40. The number of aromatic nitrogens is 1. The molecule has 0 aliphatic heterocycles. The Hall–Kier alpha value is -2.58. The summed E-state index contributed by atoms with van der Waals surface area (Å²) in [6.07, 6.45) is 4.09. The number of hydrogen-bond donors (Lipinski definition) is 2. The van der Waals surface area contributed by atoms with E-state index in [1.54, 1.807) is 41.2 Å². The number of pyridine rings is 1. The monoisotopic (exact) mass is 334 g/mol. The number of rotatable bonds is 6. The van der Waals surface area contributed by atoms with Gasteiger partial charge in [-0.2, -0.15) is 4.57 Å². The fraction of sp³-hybridized carbons (Fsp3) is 0.133. The maximum atomic E-state index is 12.1.